The minimum atomic E-state index is -0.621. The average molecular weight is 462 g/mol. The number of carbonyl (C=O) groups is 2. The number of nitrogens with zero attached hydrogens (tertiary/aromatic N) is 2. The van der Waals surface area contributed by atoms with E-state index < -0.39 is 4.58 Å². The Bertz CT molecular complexity index is 1190. The topological polar surface area (TPSA) is 61.8 Å². The van der Waals surface area contributed by atoms with Crippen LogP contribution in [0.4, 0.5) is 21.9 Å². The Hall–Kier alpha value is -3.03. The second kappa shape index (κ2) is 9.63. The lowest BCUT2D eigenvalue weighted by molar-refractivity contribution is -0.115. The Morgan fingerprint density at radius 1 is 0.906 bits per heavy atom. The summed E-state index contributed by atoms with van der Waals surface area (Å²) in [7, 11) is 0. The predicted molar refractivity (Wildman–Crippen MR) is 136 cm³/mol. The maximum atomic E-state index is 13.1. The summed E-state index contributed by atoms with van der Waals surface area (Å²) in [6.45, 7) is 5.99. The van der Waals surface area contributed by atoms with Gasteiger partial charge in [0.1, 0.15) is 4.58 Å². The number of amides is 2. The molecule has 0 unspecified atom stereocenters. The molecule has 0 bridgehead atoms. The van der Waals surface area contributed by atoms with E-state index >= 15 is 0 Å². The monoisotopic (exact) mass is 461 g/mol. The lowest BCUT2D eigenvalue weighted by Gasteiger charge is -2.15. The Balaban J connectivity index is 1.61. The van der Waals surface area contributed by atoms with Crippen LogP contribution in [0.25, 0.3) is 0 Å². The van der Waals surface area contributed by atoms with Gasteiger partial charge in [0.2, 0.25) is 0 Å². The van der Waals surface area contributed by atoms with Gasteiger partial charge in [0, 0.05) is 5.69 Å². The molecule has 1 saturated heterocycles. The van der Waals surface area contributed by atoms with Crippen molar-refractivity contribution >= 4 is 56.9 Å². The van der Waals surface area contributed by atoms with Gasteiger partial charge in [0.05, 0.1) is 11.4 Å². The van der Waals surface area contributed by atoms with Crippen LogP contribution in [0.5, 0.6) is 0 Å². The van der Waals surface area contributed by atoms with E-state index in [9.17, 15) is 9.59 Å². The summed E-state index contributed by atoms with van der Waals surface area (Å²) >= 11 is 2.27. The molecule has 3 aromatic carbocycles. The molecule has 1 atom stereocenters. The lowest BCUT2D eigenvalue weighted by atomic mass is 10.2. The average Bonchev–Trinajstić information content (AvgIpc) is 3.02. The molecule has 0 spiro atoms. The number of benzene rings is 3. The van der Waals surface area contributed by atoms with Crippen molar-refractivity contribution in [2.24, 2.45) is 4.99 Å². The van der Waals surface area contributed by atoms with Gasteiger partial charge in [-0.2, -0.15) is 0 Å². The third-order valence-electron chi connectivity index (χ3n) is 4.82. The number of aryl methyl sites for hydroxylation is 3. The maximum Gasteiger partial charge on any atom is 0.294 e. The molecule has 1 N–H and O–H groups in total. The van der Waals surface area contributed by atoms with Gasteiger partial charge >= 0.3 is 0 Å². The first-order valence-electron chi connectivity index (χ1n) is 10.2. The zero-order valence-electron chi connectivity index (χ0n) is 18.0. The number of carbonyl (C=O) groups excluding carboxylic acids is 2. The molecule has 1 heterocycles. The fourth-order valence-electron chi connectivity index (χ4n) is 3.24. The Labute approximate surface area is 196 Å². The minimum Gasteiger partial charge on any atom is -0.335 e. The number of thioether (sulfide) groups is 2. The molecule has 1 aliphatic heterocycles. The quantitative estimate of drug-likeness (QED) is 0.347. The fraction of sp³-hybridized carbons (Fsp3) is 0.160. The first-order chi connectivity index (χ1) is 15.4. The molecule has 0 radical (unpaired) electrons. The smallest absolute Gasteiger partial charge is 0.294 e. The van der Waals surface area contributed by atoms with E-state index in [0.717, 1.165) is 39.8 Å². The lowest BCUT2D eigenvalue weighted by Crippen LogP contribution is -2.31. The van der Waals surface area contributed by atoms with E-state index in [1.807, 2.05) is 81.4 Å². The van der Waals surface area contributed by atoms with Gasteiger partial charge in [-0.15, -0.1) is 0 Å². The Kier molecular flexibility index (Phi) is 6.67. The third kappa shape index (κ3) is 5.23. The summed E-state index contributed by atoms with van der Waals surface area (Å²) in [5.74, 6) is -0.253. The molecule has 32 heavy (non-hydrogen) atoms. The first kappa shape index (κ1) is 22.2. The van der Waals surface area contributed by atoms with Crippen LogP contribution in [0.1, 0.15) is 16.7 Å². The molecule has 4 rings (SSSR count). The van der Waals surface area contributed by atoms with E-state index in [1.165, 1.54) is 16.7 Å². The summed E-state index contributed by atoms with van der Waals surface area (Å²) in [6.07, 6.45) is 0. The minimum absolute atomic E-state index is 0.253. The van der Waals surface area contributed by atoms with Crippen molar-refractivity contribution in [3.8, 4) is 0 Å². The summed E-state index contributed by atoms with van der Waals surface area (Å²) in [4.78, 5) is 31.8. The van der Waals surface area contributed by atoms with Crippen molar-refractivity contribution in [3.05, 3.63) is 89.5 Å². The zero-order chi connectivity index (χ0) is 22.7. The number of hydrogen-bond acceptors (Lipinski definition) is 5. The molecular formula is C25H23N3O2S2. The van der Waals surface area contributed by atoms with Crippen LogP contribution in [0.2, 0.25) is 0 Å². The molecule has 1 fully saturated rings. The Morgan fingerprint density at radius 3 is 2.28 bits per heavy atom. The largest absolute Gasteiger partial charge is 0.335 e. The SMILES string of the molecule is Cc1ccc(N2C(=O)S[C@H](SC(=Nc3cccc(C)c3)Nc3cccc(C)c3)C2=O)cc1. The number of anilines is 2. The Morgan fingerprint density at radius 2 is 1.59 bits per heavy atom. The highest BCUT2D eigenvalue weighted by Gasteiger charge is 2.42. The van der Waals surface area contributed by atoms with Gasteiger partial charge in [-0.05, 0) is 80.1 Å². The van der Waals surface area contributed by atoms with Crippen LogP contribution in [-0.4, -0.2) is 20.9 Å². The van der Waals surface area contributed by atoms with E-state index in [2.05, 4.69) is 5.32 Å². The number of nitrogens with one attached hydrogen (secondary N) is 1. The van der Waals surface area contributed by atoms with E-state index in [1.54, 1.807) is 12.1 Å². The first-order valence-corrected chi connectivity index (χ1v) is 11.9. The molecule has 5 nitrogen and oxygen atoms in total. The maximum absolute atomic E-state index is 13.1. The predicted octanol–water partition coefficient (Wildman–Crippen LogP) is 6.67. The molecule has 3 aromatic rings. The summed E-state index contributed by atoms with van der Waals surface area (Å²) in [5.41, 5.74) is 5.53. The molecule has 7 heteroatoms. The number of rotatable bonds is 4. The summed E-state index contributed by atoms with van der Waals surface area (Å²) in [6, 6.07) is 23.2. The standard InChI is InChI=1S/C25H23N3O2S2/c1-16-10-12-21(13-11-16)28-22(29)23(32-25(28)30)31-24(26-19-8-4-6-17(2)14-19)27-20-9-5-7-18(3)15-20/h4-15,23H,1-3H3,(H,26,27)/t23-/m0/s1. The molecule has 0 aromatic heterocycles. The van der Waals surface area contributed by atoms with Crippen molar-refractivity contribution < 1.29 is 9.59 Å². The number of imide groups is 1. The van der Waals surface area contributed by atoms with Gasteiger partial charge in [0.25, 0.3) is 11.1 Å². The zero-order valence-corrected chi connectivity index (χ0v) is 19.7. The normalized spacial score (nSPS) is 16.5. The van der Waals surface area contributed by atoms with Gasteiger partial charge in [-0.25, -0.2) is 9.89 Å². The fourth-order valence-corrected chi connectivity index (χ4v) is 5.38. The molecule has 162 valence electrons. The van der Waals surface area contributed by atoms with E-state index in [0.29, 0.717) is 10.9 Å². The van der Waals surface area contributed by atoms with Crippen LogP contribution in [0.3, 0.4) is 0 Å². The number of hydrogen-bond donors (Lipinski definition) is 1. The highest BCUT2D eigenvalue weighted by molar-refractivity contribution is 8.31. The highest BCUT2D eigenvalue weighted by Crippen LogP contribution is 2.38. The van der Waals surface area contributed by atoms with Crippen molar-refractivity contribution in [2.75, 3.05) is 10.2 Å². The van der Waals surface area contributed by atoms with Crippen molar-refractivity contribution in [3.63, 3.8) is 0 Å². The third-order valence-corrected chi connectivity index (χ3v) is 7.03. The van der Waals surface area contributed by atoms with Crippen LogP contribution in [0.15, 0.2) is 77.8 Å². The van der Waals surface area contributed by atoms with Crippen molar-refractivity contribution in [2.45, 2.75) is 25.4 Å². The molecule has 2 amide bonds. The highest BCUT2D eigenvalue weighted by atomic mass is 32.2. The second-order valence-electron chi connectivity index (χ2n) is 7.59. The van der Waals surface area contributed by atoms with Crippen molar-refractivity contribution in [1.82, 2.24) is 0 Å². The van der Waals surface area contributed by atoms with Gasteiger partial charge < -0.3 is 5.32 Å². The molecule has 0 saturated carbocycles. The van der Waals surface area contributed by atoms with Crippen LogP contribution < -0.4 is 10.2 Å². The molecular weight excluding hydrogens is 438 g/mol. The second-order valence-corrected chi connectivity index (χ2v) is 10.0. The van der Waals surface area contributed by atoms with Crippen molar-refractivity contribution in [1.29, 1.82) is 0 Å². The molecule has 0 aliphatic carbocycles. The van der Waals surface area contributed by atoms with E-state index in [-0.39, 0.29) is 11.1 Å². The van der Waals surface area contributed by atoms with Gasteiger partial charge in [-0.1, -0.05) is 53.7 Å². The van der Waals surface area contributed by atoms with Crippen LogP contribution in [-0.2, 0) is 4.79 Å². The van der Waals surface area contributed by atoms with Crippen LogP contribution >= 0.6 is 23.5 Å². The number of amidine groups is 1. The van der Waals surface area contributed by atoms with Crippen LogP contribution in [0, 0.1) is 20.8 Å². The summed E-state index contributed by atoms with van der Waals surface area (Å²) < 4.78 is -0.621. The molecule has 1 aliphatic rings. The number of aliphatic imine (C=N–C) groups is 1. The van der Waals surface area contributed by atoms with Gasteiger partial charge in [0.15, 0.2) is 5.17 Å². The van der Waals surface area contributed by atoms with E-state index in [4.69, 9.17) is 4.99 Å². The van der Waals surface area contributed by atoms with Gasteiger partial charge in [-0.3, -0.25) is 9.59 Å². The summed E-state index contributed by atoms with van der Waals surface area (Å²) in [5, 5.41) is 3.61.